The molecule has 102 valence electrons. The van der Waals surface area contributed by atoms with Crippen molar-refractivity contribution in [2.75, 3.05) is 6.54 Å². The number of nitrogens with one attached hydrogen (secondary N) is 1. The van der Waals surface area contributed by atoms with E-state index < -0.39 is 5.41 Å². The lowest BCUT2D eigenvalue weighted by molar-refractivity contribution is 0.0939. The van der Waals surface area contributed by atoms with E-state index in [9.17, 15) is 4.79 Å². The Bertz CT molecular complexity index is 704. The van der Waals surface area contributed by atoms with Crippen molar-refractivity contribution < 1.29 is 4.79 Å². The van der Waals surface area contributed by atoms with Gasteiger partial charge in [-0.3, -0.25) is 4.79 Å². The van der Waals surface area contributed by atoms with Crippen LogP contribution in [0.5, 0.6) is 0 Å². The van der Waals surface area contributed by atoms with Crippen LogP contribution in [0.3, 0.4) is 0 Å². The minimum atomic E-state index is -0.615. The van der Waals surface area contributed by atoms with Gasteiger partial charge in [-0.05, 0) is 26.0 Å². The molecular formula is C15H14ClN3O. The first kappa shape index (κ1) is 14.3. The summed E-state index contributed by atoms with van der Waals surface area (Å²) in [5, 5.41) is 12.9. The Morgan fingerprint density at radius 1 is 1.45 bits per heavy atom. The fourth-order valence-corrected chi connectivity index (χ4v) is 1.94. The molecular weight excluding hydrogens is 274 g/mol. The average molecular weight is 288 g/mol. The molecule has 1 amide bonds. The lowest BCUT2D eigenvalue weighted by Crippen LogP contribution is -2.33. The Morgan fingerprint density at radius 3 is 2.85 bits per heavy atom. The van der Waals surface area contributed by atoms with E-state index in [2.05, 4.69) is 16.4 Å². The smallest absolute Gasteiger partial charge is 0.270 e. The van der Waals surface area contributed by atoms with Gasteiger partial charge in [0.25, 0.3) is 5.91 Å². The number of hydrogen-bond acceptors (Lipinski definition) is 3. The molecule has 0 radical (unpaired) electrons. The minimum Gasteiger partial charge on any atom is -0.349 e. The van der Waals surface area contributed by atoms with Crippen LogP contribution in [0.15, 0.2) is 30.3 Å². The van der Waals surface area contributed by atoms with Gasteiger partial charge in [-0.1, -0.05) is 29.8 Å². The van der Waals surface area contributed by atoms with Crippen molar-refractivity contribution in [2.24, 2.45) is 5.41 Å². The second kappa shape index (κ2) is 5.48. The van der Waals surface area contributed by atoms with Crippen molar-refractivity contribution in [1.29, 1.82) is 5.26 Å². The summed E-state index contributed by atoms with van der Waals surface area (Å²) in [6.07, 6.45) is 0. The van der Waals surface area contributed by atoms with Crippen molar-refractivity contribution in [3.8, 4) is 6.07 Å². The van der Waals surface area contributed by atoms with Gasteiger partial charge in [0, 0.05) is 11.9 Å². The van der Waals surface area contributed by atoms with E-state index in [1.54, 1.807) is 26.0 Å². The highest BCUT2D eigenvalue weighted by atomic mass is 35.5. The normalized spacial score (nSPS) is 11.1. The van der Waals surface area contributed by atoms with Gasteiger partial charge in [0.2, 0.25) is 0 Å². The molecule has 1 N–H and O–H groups in total. The van der Waals surface area contributed by atoms with Gasteiger partial charge in [0.15, 0.2) is 0 Å². The number of nitrogens with zero attached hydrogens (tertiary/aromatic N) is 2. The molecule has 4 nitrogen and oxygen atoms in total. The molecule has 0 fully saturated rings. The first-order valence-electron chi connectivity index (χ1n) is 6.18. The van der Waals surface area contributed by atoms with E-state index in [0.29, 0.717) is 10.5 Å². The molecule has 0 saturated heterocycles. The zero-order valence-corrected chi connectivity index (χ0v) is 12.0. The second-order valence-corrected chi connectivity index (χ2v) is 5.59. The lowest BCUT2D eigenvalue weighted by atomic mass is 9.96. The quantitative estimate of drug-likeness (QED) is 0.943. The molecule has 20 heavy (non-hydrogen) atoms. The molecule has 0 aliphatic rings. The van der Waals surface area contributed by atoms with E-state index in [1.807, 2.05) is 18.2 Å². The van der Waals surface area contributed by atoms with Crippen LogP contribution in [0.1, 0.15) is 24.3 Å². The molecule has 0 spiro atoms. The number of nitriles is 1. The van der Waals surface area contributed by atoms with Crippen molar-refractivity contribution in [1.82, 2.24) is 10.3 Å². The Morgan fingerprint density at radius 2 is 2.15 bits per heavy atom. The topological polar surface area (TPSA) is 65.8 Å². The molecule has 0 atom stereocenters. The fraction of sp³-hybridized carbons (Fsp3) is 0.267. The molecule has 0 bridgehead atoms. The number of amides is 1. The summed E-state index contributed by atoms with van der Waals surface area (Å²) < 4.78 is 0. The summed E-state index contributed by atoms with van der Waals surface area (Å²) in [5.74, 6) is -0.332. The standard InChI is InChI=1S/C15H14ClN3O/c1-15(2,8-17)9-18-14(20)13-7-11(16)10-5-3-4-6-12(10)19-13/h3-7H,9H2,1-2H3,(H,18,20). The zero-order valence-electron chi connectivity index (χ0n) is 11.3. The highest BCUT2D eigenvalue weighted by Gasteiger charge is 2.19. The number of carbonyl (C=O) groups is 1. The Labute approximate surface area is 122 Å². The van der Waals surface area contributed by atoms with Crippen LogP contribution in [-0.2, 0) is 0 Å². The monoisotopic (exact) mass is 287 g/mol. The number of hydrogen-bond donors (Lipinski definition) is 1. The van der Waals surface area contributed by atoms with Gasteiger partial charge in [-0.2, -0.15) is 5.26 Å². The summed E-state index contributed by atoms with van der Waals surface area (Å²) in [6.45, 7) is 3.77. The third-order valence-corrected chi connectivity index (χ3v) is 3.20. The summed E-state index contributed by atoms with van der Waals surface area (Å²) in [5.41, 5.74) is 0.308. The number of fused-ring (bicyclic) bond motifs is 1. The molecule has 2 aromatic rings. The molecule has 1 aromatic heterocycles. The van der Waals surface area contributed by atoms with E-state index in [1.165, 1.54) is 0 Å². The number of aromatic nitrogens is 1. The van der Waals surface area contributed by atoms with Gasteiger partial charge < -0.3 is 5.32 Å². The van der Waals surface area contributed by atoms with Crippen LogP contribution in [0.25, 0.3) is 10.9 Å². The van der Waals surface area contributed by atoms with Gasteiger partial charge in [0.05, 0.1) is 22.0 Å². The van der Waals surface area contributed by atoms with Crippen molar-refractivity contribution in [3.63, 3.8) is 0 Å². The van der Waals surface area contributed by atoms with E-state index >= 15 is 0 Å². The second-order valence-electron chi connectivity index (χ2n) is 5.18. The van der Waals surface area contributed by atoms with Crippen LogP contribution in [0, 0.1) is 16.7 Å². The molecule has 1 heterocycles. The first-order valence-corrected chi connectivity index (χ1v) is 6.55. The maximum atomic E-state index is 12.1. The lowest BCUT2D eigenvalue weighted by Gasteiger charge is -2.15. The molecule has 0 unspecified atom stereocenters. The fourth-order valence-electron chi connectivity index (χ4n) is 1.68. The Kier molecular flexibility index (Phi) is 3.91. The number of rotatable bonds is 3. The predicted molar refractivity (Wildman–Crippen MR) is 78.5 cm³/mol. The van der Waals surface area contributed by atoms with Crippen molar-refractivity contribution in [3.05, 3.63) is 41.0 Å². The highest BCUT2D eigenvalue weighted by molar-refractivity contribution is 6.35. The summed E-state index contributed by atoms with van der Waals surface area (Å²) in [4.78, 5) is 16.3. The Hall–Kier alpha value is -2.12. The van der Waals surface area contributed by atoms with Crippen LogP contribution in [-0.4, -0.2) is 17.4 Å². The zero-order chi connectivity index (χ0) is 14.8. The molecule has 0 aliphatic heterocycles. The molecule has 0 aliphatic carbocycles. The Balaban J connectivity index is 2.25. The van der Waals surface area contributed by atoms with Crippen LogP contribution in [0.2, 0.25) is 5.02 Å². The SMILES string of the molecule is CC(C)(C#N)CNC(=O)c1cc(Cl)c2ccccc2n1. The highest BCUT2D eigenvalue weighted by Crippen LogP contribution is 2.22. The average Bonchev–Trinajstić information content (AvgIpc) is 2.45. The number of carbonyl (C=O) groups excluding carboxylic acids is 1. The third kappa shape index (κ3) is 3.06. The van der Waals surface area contributed by atoms with Crippen LogP contribution >= 0.6 is 11.6 Å². The molecule has 5 heteroatoms. The summed E-state index contributed by atoms with van der Waals surface area (Å²) in [6, 6.07) is 11.0. The van der Waals surface area contributed by atoms with Crippen molar-refractivity contribution in [2.45, 2.75) is 13.8 Å². The summed E-state index contributed by atoms with van der Waals surface area (Å²) >= 11 is 6.15. The molecule has 2 rings (SSSR count). The maximum Gasteiger partial charge on any atom is 0.270 e. The third-order valence-electron chi connectivity index (χ3n) is 2.89. The molecule has 1 aromatic carbocycles. The minimum absolute atomic E-state index is 0.252. The number of benzene rings is 1. The van der Waals surface area contributed by atoms with Crippen molar-refractivity contribution >= 4 is 28.4 Å². The first-order chi connectivity index (χ1) is 9.43. The number of pyridine rings is 1. The van der Waals surface area contributed by atoms with E-state index in [-0.39, 0.29) is 18.1 Å². The van der Waals surface area contributed by atoms with Crippen LogP contribution in [0.4, 0.5) is 0 Å². The number of para-hydroxylation sites is 1. The molecule has 0 saturated carbocycles. The van der Waals surface area contributed by atoms with E-state index in [0.717, 1.165) is 5.39 Å². The largest absolute Gasteiger partial charge is 0.349 e. The van der Waals surface area contributed by atoms with Gasteiger partial charge in [-0.25, -0.2) is 4.98 Å². The number of halogens is 1. The van der Waals surface area contributed by atoms with Crippen LogP contribution < -0.4 is 5.32 Å². The predicted octanol–water partition coefficient (Wildman–Crippen LogP) is 3.17. The maximum absolute atomic E-state index is 12.1. The summed E-state index contributed by atoms with van der Waals surface area (Å²) in [7, 11) is 0. The van der Waals surface area contributed by atoms with Gasteiger partial charge >= 0.3 is 0 Å². The van der Waals surface area contributed by atoms with Gasteiger partial charge in [-0.15, -0.1) is 0 Å². The van der Waals surface area contributed by atoms with E-state index in [4.69, 9.17) is 16.9 Å². The van der Waals surface area contributed by atoms with Gasteiger partial charge in [0.1, 0.15) is 5.69 Å².